The van der Waals surface area contributed by atoms with Crippen LogP contribution in [0.15, 0.2) is 54.5 Å². The summed E-state index contributed by atoms with van der Waals surface area (Å²) in [4.78, 5) is 0. The van der Waals surface area contributed by atoms with Crippen LogP contribution in [0, 0.1) is 0 Å². The van der Waals surface area contributed by atoms with Crippen LogP contribution in [0.1, 0.15) is 12.5 Å². The molecule has 0 saturated carbocycles. The van der Waals surface area contributed by atoms with Crippen LogP contribution in [0.4, 0.5) is 0 Å². The molecule has 1 unspecified atom stereocenters. The zero-order valence-corrected chi connectivity index (χ0v) is 10.7. The van der Waals surface area contributed by atoms with E-state index in [0.717, 1.165) is 5.56 Å². The summed E-state index contributed by atoms with van der Waals surface area (Å²) < 4.78 is 10.00. The van der Waals surface area contributed by atoms with Crippen LogP contribution in [0.2, 0.25) is 0 Å². The summed E-state index contributed by atoms with van der Waals surface area (Å²) in [5.74, 6) is 0.233. The van der Waals surface area contributed by atoms with Crippen LogP contribution in [-0.2, 0) is 9.47 Å². The zero-order valence-electron chi connectivity index (χ0n) is 10.7. The van der Waals surface area contributed by atoms with Crippen LogP contribution in [-0.4, -0.2) is 24.6 Å². The van der Waals surface area contributed by atoms with E-state index < -0.39 is 5.60 Å². The Morgan fingerprint density at radius 3 is 2.67 bits per heavy atom. The molecule has 96 valence electrons. The number of hydrogen-bond acceptors (Lipinski definition) is 3. The smallest absolute Gasteiger partial charge is 0.189 e. The van der Waals surface area contributed by atoms with Crippen molar-refractivity contribution in [3.05, 3.63) is 60.0 Å². The van der Waals surface area contributed by atoms with Gasteiger partial charge in [0.2, 0.25) is 0 Å². The summed E-state index contributed by atoms with van der Waals surface area (Å²) in [6.45, 7) is 5.15. The van der Waals surface area contributed by atoms with Crippen molar-refractivity contribution in [1.29, 1.82) is 0 Å². The maximum Gasteiger partial charge on any atom is 0.189 e. The molecule has 1 aromatic carbocycles. The second-order valence-electron chi connectivity index (χ2n) is 3.95. The van der Waals surface area contributed by atoms with E-state index in [9.17, 15) is 5.11 Å². The third-order valence-corrected chi connectivity index (χ3v) is 2.34. The van der Waals surface area contributed by atoms with Gasteiger partial charge in [-0.05, 0) is 18.6 Å². The molecular weight excluding hydrogens is 228 g/mol. The van der Waals surface area contributed by atoms with Gasteiger partial charge >= 0.3 is 0 Å². The Kier molecular flexibility index (Phi) is 5.40. The fraction of sp³-hybridized carbons (Fsp3) is 0.267. The van der Waals surface area contributed by atoms with Gasteiger partial charge in [-0.25, -0.2) is 0 Å². The average Bonchev–Trinajstić information content (AvgIpc) is 2.38. The Labute approximate surface area is 108 Å². The van der Waals surface area contributed by atoms with Gasteiger partial charge in [0.25, 0.3) is 0 Å². The SMILES string of the molecule is C=C=C(OCOC)C(C)(O)/C=C/c1ccccc1. The molecule has 0 heterocycles. The molecule has 0 aromatic heterocycles. The summed E-state index contributed by atoms with van der Waals surface area (Å²) >= 11 is 0. The monoisotopic (exact) mass is 246 g/mol. The first kappa shape index (κ1) is 14.3. The van der Waals surface area contributed by atoms with Gasteiger partial charge in [0, 0.05) is 7.11 Å². The lowest BCUT2D eigenvalue weighted by Gasteiger charge is -2.21. The van der Waals surface area contributed by atoms with E-state index in [4.69, 9.17) is 9.47 Å². The first-order valence-corrected chi connectivity index (χ1v) is 5.59. The topological polar surface area (TPSA) is 38.7 Å². The van der Waals surface area contributed by atoms with Gasteiger partial charge in [0.15, 0.2) is 12.6 Å². The number of rotatable bonds is 6. The molecule has 0 aliphatic carbocycles. The number of benzene rings is 1. The molecule has 3 nitrogen and oxygen atoms in total. The van der Waals surface area contributed by atoms with Crippen molar-refractivity contribution in [2.75, 3.05) is 13.9 Å². The third-order valence-electron chi connectivity index (χ3n) is 2.34. The van der Waals surface area contributed by atoms with Crippen molar-refractivity contribution < 1.29 is 14.6 Å². The molecule has 1 N–H and O–H groups in total. The van der Waals surface area contributed by atoms with Crippen LogP contribution in [0.3, 0.4) is 0 Å². The zero-order chi connectivity index (χ0) is 13.4. The van der Waals surface area contributed by atoms with Gasteiger partial charge in [-0.3, -0.25) is 0 Å². The minimum absolute atomic E-state index is 0.0488. The second kappa shape index (κ2) is 6.82. The van der Waals surface area contributed by atoms with Crippen molar-refractivity contribution >= 4 is 6.08 Å². The van der Waals surface area contributed by atoms with Gasteiger partial charge in [0.1, 0.15) is 5.60 Å². The van der Waals surface area contributed by atoms with Crippen molar-refractivity contribution in [1.82, 2.24) is 0 Å². The molecule has 0 radical (unpaired) electrons. The Bertz CT molecular complexity index is 440. The second-order valence-corrected chi connectivity index (χ2v) is 3.95. The van der Waals surface area contributed by atoms with Crippen molar-refractivity contribution in [3.63, 3.8) is 0 Å². The van der Waals surface area contributed by atoms with E-state index in [2.05, 4.69) is 12.3 Å². The molecule has 0 spiro atoms. The lowest BCUT2D eigenvalue weighted by molar-refractivity contribution is -0.0315. The first-order chi connectivity index (χ1) is 8.60. The Balaban J connectivity index is 2.80. The average molecular weight is 246 g/mol. The molecule has 1 aromatic rings. The van der Waals surface area contributed by atoms with Gasteiger partial charge in [-0.1, -0.05) is 48.7 Å². The highest BCUT2D eigenvalue weighted by Gasteiger charge is 2.24. The molecule has 1 rings (SSSR count). The lowest BCUT2D eigenvalue weighted by Crippen LogP contribution is -2.25. The van der Waals surface area contributed by atoms with Crippen molar-refractivity contribution in [2.24, 2.45) is 0 Å². The maximum absolute atomic E-state index is 10.3. The van der Waals surface area contributed by atoms with Crippen molar-refractivity contribution in [3.8, 4) is 0 Å². The predicted molar refractivity (Wildman–Crippen MR) is 71.7 cm³/mol. The van der Waals surface area contributed by atoms with E-state index in [0.29, 0.717) is 0 Å². The Morgan fingerprint density at radius 1 is 1.44 bits per heavy atom. The van der Waals surface area contributed by atoms with Crippen LogP contribution < -0.4 is 0 Å². The molecule has 0 fully saturated rings. The van der Waals surface area contributed by atoms with Crippen LogP contribution in [0.25, 0.3) is 6.08 Å². The molecule has 18 heavy (non-hydrogen) atoms. The van der Waals surface area contributed by atoms with Gasteiger partial charge in [-0.15, -0.1) is 0 Å². The predicted octanol–water partition coefficient (Wildman–Crippen LogP) is 2.74. The molecule has 3 heteroatoms. The molecular formula is C15H18O3. The normalized spacial score (nSPS) is 13.9. The standard InChI is InChI=1S/C15H18O3/c1-4-14(18-12-17-3)15(2,16)11-10-13-8-6-5-7-9-13/h5-11,16H,1,12H2,2-3H3/b11-10+. The molecule has 0 bridgehead atoms. The van der Waals surface area contributed by atoms with E-state index in [1.165, 1.54) is 7.11 Å². The summed E-state index contributed by atoms with van der Waals surface area (Å²) in [6.07, 6.45) is 3.44. The van der Waals surface area contributed by atoms with E-state index >= 15 is 0 Å². The summed E-state index contributed by atoms with van der Waals surface area (Å²) in [5.41, 5.74) is 2.30. The summed E-state index contributed by atoms with van der Waals surface area (Å²) in [7, 11) is 1.51. The number of hydrogen-bond donors (Lipinski definition) is 1. The molecule has 0 aliphatic rings. The largest absolute Gasteiger partial charge is 0.460 e. The minimum atomic E-state index is -1.27. The Hall–Kier alpha value is -1.80. The van der Waals surface area contributed by atoms with E-state index in [1.54, 1.807) is 13.0 Å². The fourth-order valence-corrected chi connectivity index (χ4v) is 1.39. The highest BCUT2D eigenvalue weighted by atomic mass is 16.7. The third kappa shape index (κ3) is 4.22. The van der Waals surface area contributed by atoms with E-state index in [-0.39, 0.29) is 12.6 Å². The molecule has 0 saturated heterocycles. The van der Waals surface area contributed by atoms with E-state index in [1.807, 2.05) is 36.4 Å². The first-order valence-electron chi connectivity index (χ1n) is 5.59. The maximum atomic E-state index is 10.3. The lowest BCUT2D eigenvalue weighted by atomic mass is 10.0. The molecule has 0 amide bonds. The fourth-order valence-electron chi connectivity index (χ4n) is 1.39. The summed E-state index contributed by atoms with van der Waals surface area (Å²) in [5, 5.41) is 10.3. The highest BCUT2D eigenvalue weighted by molar-refractivity contribution is 5.51. The minimum Gasteiger partial charge on any atom is -0.460 e. The van der Waals surface area contributed by atoms with Crippen molar-refractivity contribution in [2.45, 2.75) is 12.5 Å². The number of ether oxygens (including phenoxy) is 2. The molecule has 0 aliphatic heterocycles. The van der Waals surface area contributed by atoms with Gasteiger partial charge < -0.3 is 14.6 Å². The van der Waals surface area contributed by atoms with Gasteiger partial charge in [0.05, 0.1) is 0 Å². The van der Waals surface area contributed by atoms with Crippen LogP contribution in [0.5, 0.6) is 0 Å². The number of aliphatic hydroxyl groups is 1. The van der Waals surface area contributed by atoms with Gasteiger partial charge in [-0.2, -0.15) is 0 Å². The molecule has 1 atom stereocenters. The highest BCUT2D eigenvalue weighted by Crippen LogP contribution is 2.19. The Morgan fingerprint density at radius 2 is 2.11 bits per heavy atom. The quantitative estimate of drug-likeness (QED) is 0.476. The van der Waals surface area contributed by atoms with Crippen LogP contribution >= 0.6 is 0 Å². The summed E-state index contributed by atoms with van der Waals surface area (Å²) in [6, 6.07) is 9.69. The number of methoxy groups -OCH3 is 1.